The lowest BCUT2D eigenvalue weighted by atomic mass is 10.1. The summed E-state index contributed by atoms with van der Waals surface area (Å²) in [5.41, 5.74) is 1.58. The van der Waals surface area contributed by atoms with E-state index < -0.39 is 23.9 Å². The molecule has 0 bridgehead atoms. The molecule has 2 saturated heterocycles. The van der Waals surface area contributed by atoms with Gasteiger partial charge >= 0.3 is 12.1 Å². The van der Waals surface area contributed by atoms with Crippen molar-refractivity contribution in [3.63, 3.8) is 0 Å². The van der Waals surface area contributed by atoms with Gasteiger partial charge in [-0.15, -0.1) is 0 Å². The Bertz CT molecular complexity index is 1240. The van der Waals surface area contributed by atoms with Crippen molar-refractivity contribution in [1.82, 2.24) is 21.3 Å². The third-order valence-electron chi connectivity index (χ3n) is 5.44. The Labute approximate surface area is 229 Å². The molecular weight excluding hydrogens is 528 g/mol. The van der Waals surface area contributed by atoms with Crippen LogP contribution in [0.4, 0.5) is 9.59 Å². The minimum Gasteiger partial charge on any atom is -0.493 e. The van der Waals surface area contributed by atoms with Crippen LogP contribution in [0, 0.1) is 0 Å². The topological polar surface area (TPSA) is 172 Å². The Morgan fingerprint density at radius 2 is 0.775 bits per heavy atom. The summed E-state index contributed by atoms with van der Waals surface area (Å²) in [6, 6.07) is 5.60. The summed E-state index contributed by atoms with van der Waals surface area (Å²) in [6.07, 6.45) is 3.04. The van der Waals surface area contributed by atoms with Crippen molar-refractivity contribution in [3.05, 3.63) is 46.8 Å². The lowest BCUT2D eigenvalue weighted by molar-refractivity contribution is -0.116. The van der Waals surface area contributed by atoms with Crippen LogP contribution in [0.3, 0.4) is 0 Å². The fourth-order valence-corrected chi connectivity index (χ4v) is 3.67. The molecule has 2 fully saturated rings. The summed E-state index contributed by atoms with van der Waals surface area (Å²) in [4.78, 5) is 45.0. The summed E-state index contributed by atoms with van der Waals surface area (Å²) in [5, 5.41) is 9.05. The normalized spacial score (nSPS) is 15.8. The highest BCUT2D eigenvalue weighted by Gasteiger charge is 2.24. The van der Waals surface area contributed by atoms with Crippen LogP contribution in [-0.2, 0) is 9.59 Å². The molecule has 40 heavy (non-hydrogen) atoms. The van der Waals surface area contributed by atoms with Gasteiger partial charge in [-0.1, -0.05) is 0 Å². The van der Waals surface area contributed by atoms with Gasteiger partial charge in [-0.2, -0.15) is 0 Å². The van der Waals surface area contributed by atoms with Gasteiger partial charge in [0.05, 0.1) is 42.7 Å². The number of benzene rings is 2. The highest BCUT2D eigenvalue weighted by molar-refractivity contribution is 6.14. The van der Waals surface area contributed by atoms with E-state index in [1.807, 2.05) is 0 Å². The minimum absolute atomic E-state index is 0.157. The first-order valence-corrected chi connectivity index (χ1v) is 11.5. The van der Waals surface area contributed by atoms with Crippen LogP contribution in [-0.4, -0.2) is 66.5 Å². The third-order valence-corrected chi connectivity index (χ3v) is 5.44. The Morgan fingerprint density at radius 1 is 0.475 bits per heavy atom. The van der Waals surface area contributed by atoms with E-state index in [9.17, 15) is 19.2 Å². The molecule has 14 heteroatoms. The van der Waals surface area contributed by atoms with E-state index in [0.29, 0.717) is 45.6 Å². The maximum Gasteiger partial charge on any atom is 0.326 e. The highest BCUT2D eigenvalue weighted by atomic mass is 16.5. The Balaban J connectivity index is 0.000000220. The van der Waals surface area contributed by atoms with E-state index in [-0.39, 0.29) is 11.4 Å². The molecule has 0 aromatic heterocycles. The molecule has 4 N–H and O–H groups in total. The van der Waals surface area contributed by atoms with Crippen LogP contribution in [0.1, 0.15) is 11.1 Å². The van der Waals surface area contributed by atoms with E-state index in [1.54, 1.807) is 24.3 Å². The van der Waals surface area contributed by atoms with Crippen molar-refractivity contribution < 1.29 is 47.6 Å². The van der Waals surface area contributed by atoms with Crippen molar-refractivity contribution in [2.45, 2.75) is 0 Å². The third kappa shape index (κ3) is 6.53. The molecule has 0 atom stereocenters. The van der Waals surface area contributed by atoms with E-state index in [4.69, 9.17) is 28.4 Å². The summed E-state index contributed by atoms with van der Waals surface area (Å²) in [6.45, 7) is 0. The fourth-order valence-electron chi connectivity index (χ4n) is 3.67. The number of methoxy groups -OCH3 is 6. The van der Waals surface area contributed by atoms with E-state index in [1.165, 1.54) is 54.8 Å². The second-order valence-corrected chi connectivity index (χ2v) is 7.85. The van der Waals surface area contributed by atoms with Gasteiger partial charge in [0.2, 0.25) is 11.5 Å². The average molecular weight is 557 g/mol. The smallest absolute Gasteiger partial charge is 0.326 e. The highest BCUT2D eigenvalue weighted by Crippen LogP contribution is 2.39. The largest absolute Gasteiger partial charge is 0.493 e. The Morgan fingerprint density at radius 3 is 0.975 bits per heavy atom. The van der Waals surface area contributed by atoms with Crippen molar-refractivity contribution in [3.8, 4) is 34.5 Å². The number of nitrogens with one attached hydrogen (secondary N) is 4. The van der Waals surface area contributed by atoms with Gasteiger partial charge in [0, 0.05) is 0 Å². The van der Waals surface area contributed by atoms with Crippen LogP contribution < -0.4 is 49.7 Å². The second-order valence-electron chi connectivity index (χ2n) is 7.85. The van der Waals surface area contributed by atoms with Crippen molar-refractivity contribution in [2.75, 3.05) is 42.7 Å². The predicted molar refractivity (Wildman–Crippen MR) is 141 cm³/mol. The SMILES string of the molecule is COc1cc(/C=C2\NC(=O)NC2=O)cc(OC)c1OC.COc1cc(/C=C2\NC(=O)NC2=O)cc(OC)c1OC. The molecule has 4 rings (SSSR count). The van der Waals surface area contributed by atoms with E-state index >= 15 is 0 Å². The van der Waals surface area contributed by atoms with Gasteiger partial charge in [-0.25, -0.2) is 9.59 Å². The van der Waals surface area contributed by atoms with Crippen molar-refractivity contribution in [2.24, 2.45) is 0 Å². The molecular formula is C26H28N4O10. The van der Waals surface area contributed by atoms with Crippen LogP contribution >= 0.6 is 0 Å². The number of imide groups is 2. The first-order valence-electron chi connectivity index (χ1n) is 11.5. The van der Waals surface area contributed by atoms with Gasteiger partial charge < -0.3 is 39.1 Å². The molecule has 0 saturated carbocycles. The summed E-state index contributed by atoms with van der Waals surface area (Å²) >= 11 is 0. The predicted octanol–water partition coefficient (Wildman–Crippen LogP) is 1.79. The lowest BCUT2D eigenvalue weighted by Gasteiger charge is -2.13. The molecule has 6 amide bonds. The van der Waals surface area contributed by atoms with Crippen LogP contribution in [0.5, 0.6) is 34.5 Å². The van der Waals surface area contributed by atoms with E-state index in [0.717, 1.165) is 0 Å². The average Bonchev–Trinajstić information content (AvgIpc) is 3.44. The van der Waals surface area contributed by atoms with Crippen LogP contribution in [0.25, 0.3) is 12.2 Å². The molecule has 0 spiro atoms. The molecule has 2 heterocycles. The molecule has 14 nitrogen and oxygen atoms in total. The van der Waals surface area contributed by atoms with Gasteiger partial charge in [0.25, 0.3) is 11.8 Å². The molecule has 2 aromatic carbocycles. The van der Waals surface area contributed by atoms with E-state index in [2.05, 4.69) is 21.3 Å². The quantitative estimate of drug-likeness (QED) is 0.277. The zero-order valence-corrected chi connectivity index (χ0v) is 22.5. The number of rotatable bonds is 8. The minimum atomic E-state index is -0.548. The number of ether oxygens (including phenoxy) is 6. The Kier molecular flexibility index (Phi) is 9.41. The van der Waals surface area contributed by atoms with Crippen LogP contribution in [0.15, 0.2) is 35.7 Å². The molecule has 2 aromatic rings. The number of carbonyl (C=O) groups excluding carboxylic acids is 4. The lowest BCUT2D eigenvalue weighted by Crippen LogP contribution is -2.22. The zero-order chi connectivity index (χ0) is 29.4. The van der Waals surface area contributed by atoms with Gasteiger partial charge in [-0.3, -0.25) is 20.2 Å². The number of amides is 6. The molecule has 0 aliphatic carbocycles. The number of urea groups is 2. The number of hydrogen-bond donors (Lipinski definition) is 4. The van der Waals surface area contributed by atoms with Gasteiger partial charge in [0.15, 0.2) is 23.0 Å². The number of hydrogen-bond acceptors (Lipinski definition) is 10. The molecule has 0 radical (unpaired) electrons. The summed E-state index contributed by atoms with van der Waals surface area (Å²) in [7, 11) is 9.00. The van der Waals surface area contributed by atoms with Crippen molar-refractivity contribution in [1.29, 1.82) is 0 Å². The molecule has 212 valence electrons. The molecule has 2 aliphatic rings. The fraction of sp³-hybridized carbons (Fsp3) is 0.231. The standard InChI is InChI=1S/2C13H14N2O5/c2*1-18-9-5-7(6-10(19-2)11(9)20-3)4-8-12(16)15-13(17)14-8/h2*4-6H,1-3H3,(H2,14,15,16,17)/b2*8-4-. The van der Waals surface area contributed by atoms with Crippen LogP contribution in [0.2, 0.25) is 0 Å². The molecule has 0 unspecified atom stereocenters. The van der Waals surface area contributed by atoms with Gasteiger partial charge in [-0.05, 0) is 47.5 Å². The van der Waals surface area contributed by atoms with Gasteiger partial charge in [0.1, 0.15) is 11.4 Å². The maximum absolute atomic E-state index is 11.5. The summed E-state index contributed by atoms with van der Waals surface area (Å²) < 4.78 is 31.2. The summed E-state index contributed by atoms with van der Waals surface area (Å²) in [5.74, 6) is 1.79. The first kappa shape index (κ1) is 29.2. The second kappa shape index (κ2) is 12.9. The maximum atomic E-state index is 11.5. The zero-order valence-electron chi connectivity index (χ0n) is 22.5. The molecule has 2 aliphatic heterocycles. The Hall–Kier alpha value is -5.40. The van der Waals surface area contributed by atoms with Crippen molar-refractivity contribution >= 4 is 36.0 Å². The number of carbonyl (C=O) groups is 4. The monoisotopic (exact) mass is 556 g/mol. The first-order chi connectivity index (χ1) is 19.2.